The summed E-state index contributed by atoms with van der Waals surface area (Å²) in [5, 5.41) is 7.94. The van der Waals surface area contributed by atoms with Crippen molar-refractivity contribution < 1.29 is 23.1 Å². The number of hydrogen-bond acceptors (Lipinski definition) is 7. The van der Waals surface area contributed by atoms with E-state index in [1.54, 1.807) is 4.90 Å². The van der Waals surface area contributed by atoms with Crippen LogP contribution in [0.25, 0.3) is 0 Å². The van der Waals surface area contributed by atoms with Crippen LogP contribution in [0.15, 0.2) is 54.9 Å². The van der Waals surface area contributed by atoms with Crippen molar-refractivity contribution in [3.05, 3.63) is 72.1 Å². The van der Waals surface area contributed by atoms with E-state index < -0.39 is 17.5 Å². The standard InChI is InChI=1S/C27H27F2N7O3S/c28-18-5-3-17(4-6-18)11-24(37)34-26(40)32-19-7-8-22(21(29)12-19)39-25-13-23(30-16-31-25)33-27(38)36-14-20(15-36)35-9-1-2-10-35/h3-8,12-13,16,20H,1-2,9-11,14-15H2,(H,30,31,33,38)(H2,32,34,37,40). The molecule has 1 aromatic heterocycles. The van der Waals surface area contributed by atoms with Crippen LogP contribution in [0.5, 0.6) is 11.6 Å². The van der Waals surface area contributed by atoms with Gasteiger partial charge in [0.2, 0.25) is 11.8 Å². The molecule has 0 radical (unpaired) electrons. The number of carbonyl (C=O) groups excluding carboxylic acids is 2. The third-order valence-corrected chi connectivity index (χ3v) is 6.82. The number of nitrogens with one attached hydrogen (secondary N) is 3. The van der Waals surface area contributed by atoms with Crippen molar-refractivity contribution in [3.63, 3.8) is 0 Å². The molecule has 10 nitrogen and oxygen atoms in total. The summed E-state index contributed by atoms with van der Waals surface area (Å²) in [7, 11) is 0. The number of aromatic nitrogens is 2. The number of urea groups is 1. The summed E-state index contributed by atoms with van der Waals surface area (Å²) in [6, 6.07) is 11.1. The van der Waals surface area contributed by atoms with Gasteiger partial charge in [0.25, 0.3) is 0 Å². The molecule has 0 spiro atoms. The Morgan fingerprint density at radius 3 is 2.48 bits per heavy atom. The zero-order valence-corrected chi connectivity index (χ0v) is 22.2. The second kappa shape index (κ2) is 12.3. The average molecular weight is 568 g/mol. The van der Waals surface area contributed by atoms with E-state index in [0.717, 1.165) is 19.2 Å². The molecule has 0 saturated carbocycles. The third kappa shape index (κ3) is 7.04. The van der Waals surface area contributed by atoms with Gasteiger partial charge < -0.3 is 20.3 Å². The predicted molar refractivity (Wildman–Crippen MR) is 148 cm³/mol. The van der Waals surface area contributed by atoms with Crippen molar-refractivity contribution in [1.82, 2.24) is 25.1 Å². The molecule has 3 heterocycles. The van der Waals surface area contributed by atoms with Gasteiger partial charge in [0.1, 0.15) is 18.0 Å². The SMILES string of the molecule is O=C(Cc1ccc(F)cc1)NC(=S)Nc1ccc(Oc2cc(NC(=O)N3CC(N4CCCC4)C3)ncn2)c(F)c1. The highest BCUT2D eigenvalue weighted by molar-refractivity contribution is 7.80. The molecule has 3 N–H and O–H groups in total. The third-order valence-electron chi connectivity index (χ3n) is 6.62. The summed E-state index contributed by atoms with van der Waals surface area (Å²) in [6.45, 7) is 3.52. The van der Waals surface area contributed by atoms with Gasteiger partial charge in [0.05, 0.1) is 6.42 Å². The van der Waals surface area contributed by atoms with Crippen LogP contribution in [0.4, 0.5) is 25.1 Å². The number of thiocarbonyl (C=S) groups is 1. The average Bonchev–Trinajstić information content (AvgIpc) is 3.41. The van der Waals surface area contributed by atoms with Gasteiger partial charge in [-0.25, -0.2) is 23.5 Å². The predicted octanol–water partition coefficient (Wildman–Crippen LogP) is 3.91. The number of amides is 3. The first-order chi connectivity index (χ1) is 19.3. The van der Waals surface area contributed by atoms with E-state index in [4.69, 9.17) is 17.0 Å². The molecule has 0 aliphatic carbocycles. The van der Waals surface area contributed by atoms with Gasteiger partial charge in [0, 0.05) is 37.0 Å². The lowest BCUT2D eigenvalue weighted by atomic mass is 10.1. The van der Waals surface area contributed by atoms with E-state index in [2.05, 4.69) is 30.8 Å². The normalized spacial score (nSPS) is 15.3. The summed E-state index contributed by atoms with van der Waals surface area (Å²) in [4.78, 5) is 36.9. The second-order valence-electron chi connectivity index (χ2n) is 9.53. The molecule has 2 aliphatic heterocycles. The fourth-order valence-corrected chi connectivity index (χ4v) is 4.74. The van der Waals surface area contributed by atoms with Crippen molar-refractivity contribution in [2.75, 3.05) is 36.8 Å². The Hall–Kier alpha value is -4.23. The van der Waals surface area contributed by atoms with Gasteiger partial charge in [-0.1, -0.05) is 12.1 Å². The van der Waals surface area contributed by atoms with Crippen molar-refractivity contribution in [3.8, 4) is 11.6 Å². The molecule has 3 amide bonds. The van der Waals surface area contributed by atoms with E-state index in [0.29, 0.717) is 24.7 Å². The number of likely N-dealkylation sites (tertiary alicyclic amines) is 2. The number of carbonyl (C=O) groups is 2. The molecular weight excluding hydrogens is 540 g/mol. The number of halogens is 2. The summed E-state index contributed by atoms with van der Waals surface area (Å²) in [5.74, 6) is -1.33. The summed E-state index contributed by atoms with van der Waals surface area (Å²) >= 11 is 5.13. The lowest BCUT2D eigenvalue weighted by Gasteiger charge is -2.43. The van der Waals surface area contributed by atoms with E-state index in [-0.39, 0.29) is 40.7 Å². The molecule has 3 aromatic rings. The smallest absolute Gasteiger partial charge is 0.323 e. The molecule has 2 saturated heterocycles. The van der Waals surface area contributed by atoms with Crippen molar-refractivity contribution in [2.24, 2.45) is 0 Å². The zero-order chi connectivity index (χ0) is 28.1. The second-order valence-corrected chi connectivity index (χ2v) is 9.93. The van der Waals surface area contributed by atoms with Crippen molar-refractivity contribution in [2.45, 2.75) is 25.3 Å². The Morgan fingerprint density at radius 1 is 1.00 bits per heavy atom. The molecule has 40 heavy (non-hydrogen) atoms. The number of anilines is 2. The summed E-state index contributed by atoms with van der Waals surface area (Å²) < 4.78 is 33.3. The fourth-order valence-electron chi connectivity index (χ4n) is 4.51. The van der Waals surface area contributed by atoms with E-state index in [1.165, 1.54) is 61.6 Å². The minimum atomic E-state index is -0.705. The number of hydrogen-bond donors (Lipinski definition) is 3. The maximum Gasteiger partial charge on any atom is 0.323 e. The number of ether oxygens (including phenoxy) is 1. The number of rotatable bonds is 7. The van der Waals surface area contributed by atoms with Gasteiger partial charge in [-0.3, -0.25) is 15.0 Å². The molecule has 2 aromatic carbocycles. The zero-order valence-electron chi connectivity index (χ0n) is 21.4. The van der Waals surface area contributed by atoms with Crippen molar-refractivity contribution >= 4 is 40.8 Å². The topological polar surface area (TPSA) is 112 Å². The van der Waals surface area contributed by atoms with E-state index in [9.17, 15) is 18.4 Å². The van der Waals surface area contributed by atoms with E-state index in [1.807, 2.05) is 0 Å². The maximum absolute atomic E-state index is 14.8. The molecule has 0 unspecified atom stereocenters. The first kappa shape index (κ1) is 27.3. The van der Waals surface area contributed by atoms with Crippen LogP contribution in [-0.4, -0.2) is 69.0 Å². The van der Waals surface area contributed by atoms with Crippen LogP contribution in [0.3, 0.4) is 0 Å². The minimum absolute atomic E-state index is 0.00175. The Bertz CT molecular complexity index is 1400. The monoisotopic (exact) mass is 567 g/mol. The van der Waals surface area contributed by atoms with Gasteiger partial charge in [0.15, 0.2) is 16.7 Å². The van der Waals surface area contributed by atoms with Crippen LogP contribution < -0.4 is 20.7 Å². The Balaban J connectivity index is 1.11. The largest absolute Gasteiger partial charge is 0.436 e. The van der Waals surface area contributed by atoms with Crippen molar-refractivity contribution in [1.29, 1.82) is 0 Å². The maximum atomic E-state index is 14.8. The minimum Gasteiger partial charge on any atom is -0.436 e. The van der Waals surface area contributed by atoms with Gasteiger partial charge in [-0.05, 0) is 68.0 Å². The van der Waals surface area contributed by atoms with Gasteiger partial charge in [-0.15, -0.1) is 0 Å². The summed E-state index contributed by atoms with van der Waals surface area (Å²) in [5.41, 5.74) is 0.905. The molecule has 0 bridgehead atoms. The Kier molecular flexibility index (Phi) is 8.41. The highest BCUT2D eigenvalue weighted by atomic mass is 32.1. The Morgan fingerprint density at radius 2 is 1.75 bits per heavy atom. The molecule has 5 rings (SSSR count). The summed E-state index contributed by atoms with van der Waals surface area (Å²) in [6.07, 6.45) is 3.63. The first-order valence-corrected chi connectivity index (χ1v) is 13.2. The van der Waals surface area contributed by atoms with Gasteiger partial charge in [-0.2, -0.15) is 0 Å². The lowest BCUT2D eigenvalue weighted by molar-refractivity contribution is -0.119. The highest BCUT2D eigenvalue weighted by Crippen LogP contribution is 2.27. The molecule has 13 heteroatoms. The molecular formula is C27H27F2N7O3S. The number of benzene rings is 2. The van der Waals surface area contributed by atoms with Crippen LogP contribution in [-0.2, 0) is 11.2 Å². The molecule has 0 atom stereocenters. The quantitative estimate of drug-likeness (QED) is 0.369. The van der Waals surface area contributed by atoms with Crippen LogP contribution in [0.2, 0.25) is 0 Å². The van der Waals surface area contributed by atoms with Gasteiger partial charge >= 0.3 is 6.03 Å². The van der Waals surface area contributed by atoms with Crippen LogP contribution >= 0.6 is 12.2 Å². The first-order valence-electron chi connectivity index (χ1n) is 12.8. The molecule has 208 valence electrons. The van der Waals surface area contributed by atoms with E-state index >= 15 is 0 Å². The van der Waals surface area contributed by atoms with Crippen LogP contribution in [0, 0.1) is 11.6 Å². The molecule has 2 fully saturated rings. The van der Waals surface area contributed by atoms with Crippen LogP contribution in [0.1, 0.15) is 18.4 Å². The molecule has 2 aliphatic rings. The fraction of sp³-hybridized carbons (Fsp3) is 0.296. The highest BCUT2D eigenvalue weighted by Gasteiger charge is 2.35. The Labute approximate surface area is 234 Å². The lowest BCUT2D eigenvalue weighted by Crippen LogP contribution is -2.61. The number of nitrogens with zero attached hydrogens (tertiary/aromatic N) is 4.